The molecule has 0 spiro atoms. The van der Waals surface area contributed by atoms with Crippen molar-refractivity contribution in [3.63, 3.8) is 0 Å². The fourth-order valence-corrected chi connectivity index (χ4v) is 3.91. The van der Waals surface area contributed by atoms with Gasteiger partial charge in [0.2, 0.25) is 0 Å². The third-order valence-electron chi connectivity index (χ3n) is 4.27. The van der Waals surface area contributed by atoms with Gasteiger partial charge in [0.1, 0.15) is 11.3 Å². The predicted octanol–water partition coefficient (Wildman–Crippen LogP) is 2.54. The number of aryl methyl sites for hydroxylation is 1. The lowest BCUT2D eigenvalue weighted by molar-refractivity contribution is 0.729. The molecule has 0 amide bonds. The number of hydrogen-bond donors (Lipinski definition) is 0. The van der Waals surface area contributed by atoms with Crippen LogP contribution in [-0.2, 0) is 13.6 Å². The van der Waals surface area contributed by atoms with Gasteiger partial charge in [0, 0.05) is 13.1 Å². The average Bonchev–Trinajstić information content (AvgIpc) is 3.25. The topological polar surface area (TPSA) is 72.6 Å². The summed E-state index contributed by atoms with van der Waals surface area (Å²) < 4.78 is 2.90. The summed E-state index contributed by atoms with van der Waals surface area (Å²) in [5.74, 6) is 0.856. The fraction of sp³-hybridized carbons (Fsp3) is 0.312. The van der Waals surface area contributed by atoms with Crippen molar-refractivity contribution in [3.05, 3.63) is 35.6 Å². The number of hydrogen-bond acceptors (Lipinski definition) is 7. The third kappa shape index (κ3) is 2.22. The van der Waals surface area contributed by atoms with Crippen molar-refractivity contribution in [1.82, 2.24) is 29.9 Å². The largest absolute Gasteiger partial charge is 0.345 e. The lowest BCUT2D eigenvalue weighted by atomic mass is 10.3. The number of rotatable bonds is 4. The standard InChI is InChI=1S/C16H15N7S/c1-22-15-14(20-21-22)16(18-9-17-15)23(10-6-7-10)8-13-19-11-4-2-3-5-12(11)24-13/h2-5,9-10H,6-8H2,1H3. The fourth-order valence-electron chi connectivity index (χ4n) is 2.95. The highest BCUT2D eigenvalue weighted by molar-refractivity contribution is 7.18. The summed E-state index contributed by atoms with van der Waals surface area (Å²) in [6, 6.07) is 8.75. The average molecular weight is 337 g/mol. The molecule has 1 saturated carbocycles. The highest BCUT2D eigenvalue weighted by Crippen LogP contribution is 2.35. The zero-order valence-corrected chi connectivity index (χ0v) is 13.9. The van der Waals surface area contributed by atoms with Crippen LogP contribution < -0.4 is 4.90 Å². The number of fused-ring (bicyclic) bond motifs is 2. The molecule has 0 aliphatic heterocycles. The van der Waals surface area contributed by atoms with E-state index >= 15 is 0 Å². The van der Waals surface area contributed by atoms with Gasteiger partial charge in [-0.15, -0.1) is 16.4 Å². The zero-order valence-electron chi connectivity index (χ0n) is 13.1. The summed E-state index contributed by atoms with van der Waals surface area (Å²) in [5, 5.41) is 9.44. The third-order valence-corrected chi connectivity index (χ3v) is 5.29. The first-order valence-electron chi connectivity index (χ1n) is 7.91. The van der Waals surface area contributed by atoms with Crippen molar-refractivity contribution in [2.24, 2.45) is 7.05 Å². The number of benzene rings is 1. The minimum Gasteiger partial charge on any atom is -0.345 e. The first-order chi connectivity index (χ1) is 11.8. The predicted molar refractivity (Wildman–Crippen MR) is 92.9 cm³/mol. The Morgan fingerprint density at radius 1 is 1.25 bits per heavy atom. The van der Waals surface area contributed by atoms with Crippen LogP contribution >= 0.6 is 11.3 Å². The van der Waals surface area contributed by atoms with Crippen molar-refractivity contribution >= 4 is 38.5 Å². The van der Waals surface area contributed by atoms with Crippen LogP contribution in [0.15, 0.2) is 30.6 Å². The van der Waals surface area contributed by atoms with E-state index in [2.05, 4.69) is 43.4 Å². The maximum absolute atomic E-state index is 4.77. The van der Waals surface area contributed by atoms with Crippen molar-refractivity contribution in [2.45, 2.75) is 25.4 Å². The molecule has 8 heteroatoms. The van der Waals surface area contributed by atoms with E-state index in [9.17, 15) is 0 Å². The Bertz CT molecular complexity index is 1000. The van der Waals surface area contributed by atoms with Gasteiger partial charge in [-0.2, -0.15) is 0 Å². The van der Waals surface area contributed by atoms with Crippen molar-refractivity contribution in [3.8, 4) is 0 Å². The maximum atomic E-state index is 4.77. The van der Waals surface area contributed by atoms with Gasteiger partial charge >= 0.3 is 0 Å². The highest BCUT2D eigenvalue weighted by Gasteiger charge is 2.32. The molecule has 24 heavy (non-hydrogen) atoms. The first-order valence-corrected chi connectivity index (χ1v) is 8.73. The molecule has 1 aliphatic rings. The maximum Gasteiger partial charge on any atom is 0.183 e. The summed E-state index contributed by atoms with van der Waals surface area (Å²) in [5.41, 5.74) is 2.57. The van der Waals surface area contributed by atoms with Crippen LogP contribution in [0.2, 0.25) is 0 Å². The molecule has 5 rings (SSSR count). The van der Waals surface area contributed by atoms with E-state index < -0.39 is 0 Å². The number of anilines is 1. The first kappa shape index (κ1) is 13.8. The lowest BCUT2D eigenvalue weighted by Crippen LogP contribution is -2.26. The van der Waals surface area contributed by atoms with E-state index in [0.29, 0.717) is 6.04 Å². The lowest BCUT2D eigenvalue weighted by Gasteiger charge is -2.22. The summed E-state index contributed by atoms with van der Waals surface area (Å²) in [6.45, 7) is 0.743. The van der Waals surface area contributed by atoms with Gasteiger partial charge in [-0.25, -0.2) is 19.6 Å². The van der Waals surface area contributed by atoms with Crippen LogP contribution in [0.1, 0.15) is 17.8 Å². The van der Waals surface area contributed by atoms with Crippen molar-refractivity contribution in [2.75, 3.05) is 4.90 Å². The Kier molecular flexibility index (Phi) is 2.99. The van der Waals surface area contributed by atoms with Gasteiger partial charge in [0.05, 0.1) is 16.8 Å². The second kappa shape index (κ2) is 5.20. The van der Waals surface area contributed by atoms with E-state index in [0.717, 1.165) is 34.1 Å². The van der Waals surface area contributed by atoms with Gasteiger partial charge in [-0.05, 0) is 25.0 Å². The molecule has 0 atom stereocenters. The second-order valence-electron chi connectivity index (χ2n) is 6.02. The SMILES string of the molecule is Cn1nnc2c(N(Cc3nc4ccccc4s3)C3CC3)ncnc21. The van der Waals surface area contributed by atoms with Gasteiger partial charge in [-0.3, -0.25) is 0 Å². The number of para-hydroxylation sites is 1. The van der Waals surface area contributed by atoms with Crippen LogP contribution in [-0.4, -0.2) is 36.0 Å². The molecule has 0 saturated heterocycles. The van der Waals surface area contributed by atoms with Crippen LogP contribution in [0.5, 0.6) is 0 Å². The zero-order chi connectivity index (χ0) is 16.1. The summed E-state index contributed by atoms with van der Waals surface area (Å²) in [7, 11) is 1.85. The molecule has 7 nitrogen and oxygen atoms in total. The van der Waals surface area contributed by atoms with Crippen LogP contribution in [0.4, 0.5) is 5.82 Å². The smallest absolute Gasteiger partial charge is 0.183 e. The molecule has 0 radical (unpaired) electrons. The minimum atomic E-state index is 0.497. The summed E-state index contributed by atoms with van der Waals surface area (Å²) in [6.07, 6.45) is 3.95. The number of thiazole rings is 1. The van der Waals surface area contributed by atoms with Crippen LogP contribution in [0.3, 0.4) is 0 Å². The minimum absolute atomic E-state index is 0.497. The second-order valence-corrected chi connectivity index (χ2v) is 7.13. The van der Waals surface area contributed by atoms with E-state index in [1.807, 2.05) is 13.1 Å². The molecule has 0 bridgehead atoms. The molecule has 0 unspecified atom stereocenters. The molecule has 120 valence electrons. The molecule has 1 aliphatic carbocycles. The Morgan fingerprint density at radius 2 is 2.12 bits per heavy atom. The van der Waals surface area contributed by atoms with E-state index in [1.54, 1.807) is 22.3 Å². The summed E-state index contributed by atoms with van der Waals surface area (Å²) in [4.78, 5) is 15.9. The molecule has 0 N–H and O–H groups in total. The summed E-state index contributed by atoms with van der Waals surface area (Å²) >= 11 is 1.74. The molecular formula is C16H15N7S. The highest BCUT2D eigenvalue weighted by atomic mass is 32.1. The Balaban J connectivity index is 1.57. The Morgan fingerprint density at radius 3 is 2.96 bits per heavy atom. The van der Waals surface area contributed by atoms with Crippen LogP contribution in [0.25, 0.3) is 21.4 Å². The molecule has 1 fully saturated rings. The Labute approximate surface area is 142 Å². The normalized spacial score (nSPS) is 14.5. The molecule has 3 heterocycles. The van der Waals surface area contributed by atoms with Gasteiger partial charge in [0.25, 0.3) is 0 Å². The molecule has 1 aromatic carbocycles. The molecular weight excluding hydrogens is 322 g/mol. The van der Waals surface area contributed by atoms with Crippen molar-refractivity contribution < 1.29 is 0 Å². The number of aromatic nitrogens is 6. The molecule has 3 aromatic heterocycles. The van der Waals surface area contributed by atoms with Gasteiger partial charge < -0.3 is 4.90 Å². The van der Waals surface area contributed by atoms with E-state index in [-0.39, 0.29) is 0 Å². The van der Waals surface area contributed by atoms with E-state index in [1.165, 1.54) is 17.5 Å². The quantitative estimate of drug-likeness (QED) is 0.570. The Hall–Kier alpha value is -2.61. The van der Waals surface area contributed by atoms with Gasteiger partial charge in [0.15, 0.2) is 17.0 Å². The van der Waals surface area contributed by atoms with E-state index in [4.69, 9.17) is 4.98 Å². The monoisotopic (exact) mass is 337 g/mol. The number of nitrogens with zero attached hydrogens (tertiary/aromatic N) is 7. The van der Waals surface area contributed by atoms with Crippen LogP contribution in [0, 0.1) is 0 Å². The molecule has 4 aromatic rings. The van der Waals surface area contributed by atoms with Gasteiger partial charge in [-0.1, -0.05) is 17.3 Å². The van der Waals surface area contributed by atoms with Crippen molar-refractivity contribution in [1.29, 1.82) is 0 Å².